The molecule has 7 heteroatoms. The molecule has 1 amide bonds. The highest BCUT2D eigenvalue weighted by atomic mass is 16.5. The standard InChI is InChI=1S/C20H25N3O4/c1-25-16-6-4-5-15(13-16)20(24)23-10-3-2-7-17(23)19-22-21-18(27-19)14-8-11-26-12-9-14/h4-6,13-14,17H,2-3,7-12H2,1H3/t17-/m1/s1. The third-order valence-corrected chi connectivity index (χ3v) is 5.39. The Kier molecular flexibility index (Phi) is 5.38. The number of hydrogen-bond donors (Lipinski definition) is 0. The van der Waals surface area contributed by atoms with Crippen molar-refractivity contribution in [1.82, 2.24) is 15.1 Å². The van der Waals surface area contributed by atoms with Crippen LogP contribution < -0.4 is 4.74 Å². The van der Waals surface area contributed by atoms with Gasteiger partial charge in [-0.05, 0) is 50.3 Å². The van der Waals surface area contributed by atoms with Crippen LogP contribution in [0.5, 0.6) is 5.75 Å². The summed E-state index contributed by atoms with van der Waals surface area (Å²) in [6, 6.07) is 7.09. The van der Waals surface area contributed by atoms with Crippen molar-refractivity contribution >= 4 is 5.91 Å². The van der Waals surface area contributed by atoms with Crippen molar-refractivity contribution in [2.75, 3.05) is 26.9 Å². The smallest absolute Gasteiger partial charge is 0.254 e. The number of benzene rings is 1. The number of carbonyl (C=O) groups is 1. The molecule has 3 heterocycles. The number of likely N-dealkylation sites (tertiary alicyclic amines) is 1. The van der Waals surface area contributed by atoms with Crippen LogP contribution >= 0.6 is 0 Å². The van der Waals surface area contributed by atoms with Crippen molar-refractivity contribution < 1.29 is 18.7 Å². The second-order valence-electron chi connectivity index (χ2n) is 7.11. The van der Waals surface area contributed by atoms with Gasteiger partial charge >= 0.3 is 0 Å². The zero-order valence-corrected chi connectivity index (χ0v) is 15.6. The first-order chi connectivity index (χ1) is 13.3. The number of nitrogens with zero attached hydrogens (tertiary/aromatic N) is 3. The molecule has 1 aromatic heterocycles. The summed E-state index contributed by atoms with van der Waals surface area (Å²) in [5.41, 5.74) is 0.616. The fourth-order valence-electron chi connectivity index (χ4n) is 3.84. The highest BCUT2D eigenvalue weighted by Crippen LogP contribution is 2.34. The predicted molar refractivity (Wildman–Crippen MR) is 97.7 cm³/mol. The number of piperidine rings is 1. The number of hydrogen-bond acceptors (Lipinski definition) is 6. The number of rotatable bonds is 4. The van der Waals surface area contributed by atoms with Gasteiger partial charge in [-0.1, -0.05) is 6.07 Å². The summed E-state index contributed by atoms with van der Waals surface area (Å²) < 4.78 is 16.7. The molecule has 0 unspecified atom stereocenters. The van der Waals surface area contributed by atoms with Crippen molar-refractivity contribution in [3.8, 4) is 5.75 Å². The molecular formula is C20H25N3O4. The van der Waals surface area contributed by atoms with Gasteiger partial charge in [-0.15, -0.1) is 10.2 Å². The third-order valence-electron chi connectivity index (χ3n) is 5.39. The molecule has 2 fully saturated rings. The van der Waals surface area contributed by atoms with E-state index in [2.05, 4.69) is 10.2 Å². The predicted octanol–water partition coefficient (Wildman–Crippen LogP) is 3.34. The maximum absolute atomic E-state index is 13.1. The van der Waals surface area contributed by atoms with Gasteiger partial charge in [0, 0.05) is 31.2 Å². The first-order valence-electron chi connectivity index (χ1n) is 9.62. The summed E-state index contributed by atoms with van der Waals surface area (Å²) in [5.74, 6) is 2.13. The quantitative estimate of drug-likeness (QED) is 0.820. The highest BCUT2D eigenvalue weighted by molar-refractivity contribution is 5.94. The summed E-state index contributed by atoms with van der Waals surface area (Å²) in [6.45, 7) is 2.15. The number of amides is 1. The van der Waals surface area contributed by atoms with Gasteiger partial charge in [-0.2, -0.15) is 0 Å². The Morgan fingerprint density at radius 1 is 1.15 bits per heavy atom. The van der Waals surface area contributed by atoms with Crippen LogP contribution in [0.25, 0.3) is 0 Å². The van der Waals surface area contributed by atoms with E-state index >= 15 is 0 Å². The minimum atomic E-state index is -0.168. The van der Waals surface area contributed by atoms with Crippen molar-refractivity contribution in [2.45, 2.75) is 44.1 Å². The molecule has 0 bridgehead atoms. The monoisotopic (exact) mass is 371 g/mol. The second-order valence-corrected chi connectivity index (χ2v) is 7.11. The molecule has 2 saturated heterocycles. The van der Waals surface area contributed by atoms with Gasteiger partial charge in [0.2, 0.25) is 11.8 Å². The molecule has 0 saturated carbocycles. The Morgan fingerprint density at radius 3 is 2.78 bits per heavy atom. The minimum absolute atomic E-state index is 0.0237. The van der Waals surface area contributed by atoms with Crippen LogP contribution in [-0.4, -0.2) is 47.9 Å². The summed E-state index contributed by atoms with van der Waals surface area (Å²) in [7, 11) is 1.60. The highest BCUT2D eigenvalue weighted by Gasteiger charge is 2.33. The van der Waals surface area contributed by atoms with Crippen LogP contribution in [0.3, 0.4) is 0 Å². The Labute approximate surface area is 158 Å². The van der Waals surface area contributed by atoms with Crippen molar-refractivity contribution in [3.05, 3.63) is 41.6 Å². The van der Waals surface area contributed by atoms with Crippen LogP contribution in [0.1, 0.15) is 66.2 Å². The van der Waals surface area contributed by atoms with Crippen LogP contribution in [0.15, 0.2) is 28.7 Å². The van der Waals surface area contributed by atoms with E-state index in [1.165, 1.54) is 0 Å². The van der Waals surface area contributed by atoms with Gasteiger partial charge in [-0.25, -0.2) is 0 Å². The van der Waals surface area contributed by atoms with Crippen LogP contribution in [0.4, 0.5) is 0 Å². The van der Waals surface area contributed by atoms with Crippen LogP contribution in [0, 0.1) is 0 Å². The van der Waals surface area contributed by atoms with Gasteiger partial charge in [0.1, 0.15) is 11.8 Å². The molecule has 7 nitrogen and oxygen atoms in total. The van der Waals surface area contributed by atoms with E-state index in [4.69, 9.17) is 13.9 Å². The average Bonchev–Trinajstić information content (AvgIpc) is 3.24. The number of aromatic nitrogens is 2. The van der Waals surface area contributed by atoms with Gasteiger partial charge in [0.05, 0.1) is 7.11 Å². The molecule has 4 rings (SSSR count). The Hall–Kier alpha value is -2.41. The lowest BCUT2D eigenvalue weighted by atomic mass is 10.00. The van der Waals surface area contributed by atoms with E-state index in [1.54, 1.807) is 13.2 Å². The summed E-state index contributed by atoms with van der Waals surface area (Å²) in [6.07, 6.45) is 4.66. The summed E-state index contributed by atoms with van der Waals surface area (Å²) in [4.78, 5) is 15.0. The maximum atomic E-state index is 13.1. The zero-order chi connectivity index (χ0) is 18.6. The van der Waals surface area contributed by atoms with Crippen molar-refractivity contribution in [2.24, 2.45) is 0 Å². The zero-order valence-electron chi connectivity index (χ0n) is 15.6. The molecule has 0 radical (unpaired) electrons. The summed E-state index contributed by atoms with van der Waals surface area (Å²) >= 11 is 0. The molecule has 2 aliphatic rings. The summed E-state index contributed by atoms with van der Waals surface area (Å²) in [5, 5.41) is 8.58. The number of methoxy groups -OCH3 is 1. The fraction of sp³-hybridized carbons (Fsp3) is 0.550. The first-order valence-corrected chi connectivity index (χ1v) is 9.62. The molecule has 1 aromatic carbocycles. The molecule has 0 N–H and O–H groups in total. The average molecular weight is 371 g/mol. The van der Waals surface area contributed by atoms with Crippen LogP contribution in [0.2, 0.25) is 0 Å². The molecule has 27 heavy (non-hydrogen) atoms. The molecule has 0 spiro atoms. The normalized spacial score (nSPS) is 21.2. The molecule has 2 aromatic rings. The third kappa shape index (κ3) is 3.83. The van der Waals surface area contributed by atoms with Gasteiger partial charge in [0.25, 0.3) is 5.91 Å². The Bertz CT molecular complexity index is 785. The number of ether oxygens (including phenoxy) is 2. The maximum Gasteiger partial charge on any atom is 0.254 e. The lowest BCUT2D eigenvalue weighted by Gasteiger charge is -2.33. The van der Waals surface area contributed by atoms with Crippen LogP contribution in [-0.2, 0) is 4.74 Å². The van der Waals surface area contributed by atoms with Gasteiger partial charge < -0.3 is 18.8 Å². The second kappa shape index (κ2) is 8.08. The number of carbonyl (C=O) groups excluding carboxylic acids is 1. The van der Waals surface area contributed by atoms with Crippen molar-refractivity contribution in [1.29, 1.82) is 0 Å². The largest absolute Gasteiger partial charge is 0.497 e. The van der Waals surface area contributed by atoms with Gasteiger partial charge in [-0.3, -0.25) is 4.79 Å². The van der Waals surface area contributed by atoms with E-state index in [9.17, 15) is 4.79 Å². The lowest BCUT2D eigenvalue weighted by molar-refractivity contribution is 0.0561. The van der Waals surface area contributed by atoms with E-state index in [-0.39, 0.29) is 17.9 Å². The molecular weight excluding hydrogens is 346 g/mol. The Morgan fingerprint density at radius 2 is 1.96 bits per heavy atom. The van der Waals surface area contributed by atoms with Gasteiger partial charge in [0.15, 0.2) is 0 Å². The van der Waals surface area contributed by atoms with E-state index in [1.807, 2.05) is 23.1 Å². The van der Waals surface area contributed by atoms with E-state index < -0.39 is 0 Å². The first kappa shape index (κ1) is 18.0. The lowest BCUT2D eigenvalue weighted by Crippen LogP contribution is -2.38. The van der Waals surface area contributed by atoms with E-state index in [0.29, 0.717) is 29.6 Å². The fourth-order valence-corrected chi connectivity index (χ4v) is 3.84. The molecule has 144 valence electrons. The van der Waals surface area contributed by atoms with E-state index in [0.717, 1.165) is 45.3 Å². The Balaban J connectivity index is 1.55. The topological polar surface area (TPSA) is 77.7 Å². The van der Waals surface area contributed by atoms with Crippen molar-refractivity contribution in [3.63, 3.8) is 0 Å². The minimum Gasteiger partial charge on any atom is -0.497 e. The molecule has 1 atom stereocenters. The molecule has 2 aliphatic heterocycles. The molecule has 0 aliphatic carbocycles. The SMILES string of the molecule is COc1cccc(C(=O)N2CCCC[C@@H]2c2nnc(C3CCOCC3)o2)c1.